The molecule has 35 heavy (non-hydrogen) atoms. The molecule has 0 spiro atoms. The van der Waals surface area contributed by atoms with E-state index in [2.05, 4.69) is 10.3 Å². The van der Waals surface area contributed by atoms with Gasteiger partial charge in [-0.1, -0.05) is 30.3 Å². The fourth-order valence-corrected chi connectivity index (χ4v) is 3.33. The molecule has 2 amide bonds. The number of amides is 2. The van der Waals surface area contributed by atoms with Crippen LogP contribution in [0, 0.1) is 6.92 Å². The molecule has 0 radical (unpaired) electrons. The third-order valence-corrected chi connectivity index (χ3v) is 5.11. The van der Waals surface area contributed by atoms with Gasteiger partial charge in [0.15, 0.2) is 0 Å². The minimum Gasteiger partial charge on any atom is -0.493 e. The third-order valence-electron chi connectivity index (χ3n) is 5.11. The number of rotatable bonds is 10. The first-order chi connectivity index (χ1) is 16.7. The van der Waals surface area contributed by atoms with Crippen LogP contribution in [0.15, 0.2) is 59.0 Å². The number of aryl methyl sites for hydroxylation is 1. The third kappa shape index (κ3) is 7.33. The highest BCUT2D eigenvalue weighted by Crippen LogP contribution is 2.22. The van der Waals surface area contributed by atoms with Crippen molar-refractivity contribution >= 4 is 11.8 Å². The second-order valence-electron chi connectivity index (χ2n) is 7.75. The average molecular weight is 489 g/mol. The molecule has 2 aromatic carbocycles. The van der Waals surface area contributed by atoms with E-state index in [0.717, 1.165) is 11.3 Å². The Hall–Kier alpha value is -3.82. The second-order valence-corrected chi connectivity index (χ2v) is 7.75. The molecule has 7 nitrogen and oxygen atoms in total. The highest BCUT2D eigenvalue weighted by atomic mass is 19.4. The molecule has 186 valence electrons. The largest absolute Gasteiger partial charge is 0.493 e. The van der Waals surface area contributed by atoms with Crippen molar-refractivity contribution in [3.8, 4) is 17.2 Å². The molecule has 0 saturated carbocycles. The Morgan fingerprint density at radius 2 is 1.77 bits per heavy atom. The molecule has 0 fully saturated rings. The molecule has 3 aromatic rings. The monoisotopic (exact) mass is 489 g/mol. The van der Waals surface area contributed by atoms with Crippen LogP contribution in [0.2, 0.25) is 0 Å². The van der Waals surface area contributed by atoms with Crippen LogP contribution >= 0.6 is 0 Å². The van der Waals surface area contributed by atoms with E-state index in [9.17, 15) is 22.8 Å². The number of carbonyl (C=O) groups excluding carboxylic acids is 2. The molecule has 1 aromatic heterocycles. The minimum atomic E-state index is -5.08. The number of hydrogen-bond donors (Lipinski definition) is 2. The summed E-state index contributed by atoms with van der Waals surface area (Å²) in [5, 5.41) is 4.19. The molecule has 0 bridgehead atoms. The van der Waals surface area contributed by atoms with E-state index < -0.39 is 24.0 Å². The number of aromatic nitrogens is 1. The number of benzene rings is 2. The van der Waals surface area contributed by atoms with Gasteiger partial charge in [-0.25, -0.2) is 4.98 Å². The van der Waals surface area contributed by atoms with E-state index in [-0.39, 0.29) is 13.0 Å². The molecule has 1 atom stereocenters. The lowest BCUT2D eigenvalue weighted by molar-refractivity contribution is -0.174. The van der Waals surface area contributed by atoms with Crippen molar-refractivity contribution in [2.24, 2.45) is 0 Å². The van der Waals surface area contributed by atoms with Gasteiger partial charge in [-0.15, -0.1) is 0 Å². The minimum absolute atomic E-state index is 0.103. The molecule has 1 heterocycles. The summed E-state index contributed by atoms with van der Waals surface area (Å²) < 4.78 is 49.4. The number of alkyl halides is 3. The summed E-state index contributed by atoms with van der Waals surface area (Å²) in [6.45, 7) is 4.04. The summed E-state index contributed by atoms with van der Waals surface area (Å²) in [5.74, 6) is -1.05. The van der Waals surface area contributed by atoms with Crippen LogP contribution < -0.4 is 15.4 Å². The van der Waals surface area contributed by atoms with Crippen LogP contribution in [0.3, 0.4) is 0 Å². The molecule has 2 N–H and O–H groups in total. The zero-order chi connectivity index (χ0) is 25.4. The number of nitrogens with zero attached hydrogens (tertiary/aromatic N) is 1. The molecule has 0 aliphatic heterocycles. The van der Waals surface area contributed by atoms with Crippen molar-refractivity contribution in [2.45, 2.75) is 38.9 Å². The quantitative estimate of drug-likeness (QED) is 0.449. The first-order valence-corrected chi connectivity index (χ1v) is 11.1. The zero-order valence-electron chi connectivity index (χ0n) is 19.3. The molecule has 10 heteroatoms. The summed E-state index contributed by atoms with van der Waals surface area (Å²) in [6, 6.07) is 14.8. The van der Waals surface area contributed by atoms with Crippen molar-refractivity contribution < 1.29 is 31.9 Å². The topological polar surface area (TPSA) is 93.5 Å². The van der Waals surface area contributed by atoms with Gasteiger partial charge in [0.1, 0.15) is 17.6 Å². The lowest BCUT2D eigenvalue weighted by Gasteiger charge is -2.19. The molecular formula is C25H26F3N3O4. The average Bonchev–Trinajstić information content (AvgIpc) is 3.20. The first-order valence-electron chi connectivity index (χ1n) is 11.1. The van der Waals surface area contributed by atoms with Gasteiger partial charge in [0.25, 0.3) is 0 Å². The van der Waals surface area contributed by atoms with Gasteiger partial charge < -0.3 is 19.8 Å². The Labute approximate surface area is 200 Å². The standard InChI is InChI=1S/C25H26F3N3O4/c1-3-29-22(32)21(31-24(33)25(26,27)28)15-17-9-11-19(12-10-17)34-14-13-20-16(2)35-23(30-20)18-7-5-4-6-8-18/h4-12,21H,3,13-15H2,1-2H3,(H,29,32)(H,31,33)/t21-/m0/s1. The van der Waals surface area contributed by atoms with Gasteiger partial charge in [-0.3, -0.25) is 9.59 Å². The maximum absolute atomic E-state index is 12.6. The lowest BCUT2D eigenvalue weighted by atomic mass is 10.0. The van der Waals surface area contributed by atoms with Crippen LogP contribution in [0.25, 0.3) is 11.5 Å². The summed E-state index contributed by atoms with van der Waals surface area (Å²) in [7, 11) is 0. The van der Waals surface area contributed by atoms with Gasteiger partial charge in [0.2, 0.25) is 11.8 Å². The van der Waals surface area contributed by atoms with Gasteiger partial charge >= 0.3 is 12.1 Å². The highest BCUT2D eigenvalue weighted by Gasteiger charge is 2.40. The summed E-state index contributed by atoms with van der Waals surface area (Å²) in [4.78, 5) is 28.0. The smallest absolute Gasteiger partial charge is 0.471 e. The summed E-state index contributed by atoms with van der Waals surface area (Å²) in [6.07, 6.45) is -4.66. The normalized spacial score (nSPS) is 12.1. The van der Waals surface area contributed by atoms with Gasteiger partial charge in [-0.05, 0) is 43.7 Å². The first kappa shape index (κ1) is 25.8. The Bertz CT molecular complexity index is 1130. The van der Waals surface area contributed by atoms with Crippen LogP contribution in [0.1, 0.15) is 23.9 Å². The number of carbonyl (C=O) groups is 2. The number of nitrogens with one attached hydrogen (secondary N) is 2. The highest BCUT2D eigenvalue weighted by molar-refractivity contribution is 5.90. The van der Waals surface area contributed by atoms with E-state index >= 15 is 0 Å². The number of halogens is 3. The Balaban J connectivity index is 1.57. The van der Waals surface area contributed by atoms with E-state index in [4.69, 9.17) is 9.15 Å². The van der Waals surface area contributed by atoms with Gasteiger partial charge in [0.05, 0.1) is 12.3 Å². The van der Waals surface area contributed by atoms with Gasteiger partial charge in [-0.2, -0.15) is 13.2 Å². The molecule has 0 unspecified atom stereocenters. The van der Waals surface area contributed by atoms with Crippen molar-refractivity contribution in [3.63, 3.8) is 0 Å². The number of oxazole rings is 1. The lowest BCUT2D eigenvalue weighted by Crippen LogP contribution is -2.51. The fraction of sp³-hybridized carbons (Fsp3) is 0.320. The molecular weight excluding hydrogens is 463 g/mol. The Kier molecular flexibility index (Phi) is 8.51. The van der Waals surface area contributed by atoms with E-state index in [1.54, 1.807) is 36.5 Å². The molecule has 0 aliphatic rings. The van der Waals surface area contributed by atoms with E-state index in [1.807, 2.05) is 37.3 Å². The maximum atomic E-state index is 12.6. The van der Waals surface area contributed by atoms with Crippen LogP contribution in [-0.2, 0) is 22.4 Å². The molecule has 0 saturated heterocycles. The number of likely N-dealkylation sites (N-methyl/N-ethyl adjacent to an activating group) is 1. The van der Waals surface area contributed by atoms with Crippen LogP contribution in [0.5, 0.6) is 5.75 Å². The molecule has 0 aliphatic carbocycles. The predicted octanol–water partition coefficient (Wildman–Crippen LogP) is 4.00. The summed E-state index contributed by atoms with van der Waals surface area (Å²) in [5.41, 5.74) is 2.23. The number of hydrogen-bond acceptors (Lipinski definition) is 5. The predicted molar refractivity (Wildman–Crippen MR) is 123 cm³/mol. The van der Waals surface area contributed by atoms with Crippen LogP contribution in [0.4, 0.5) is 13.2 Å². The van der Waals surface area contributed by atoms with Crippen molar-refractivity contribution in [2.75, 3.05) is 13.2 Å². The van der Waals surface area contributed by atoms with Crippen molar-refractivity contribution in [3.05, 3.63) is 71.6 Å². The van der Waals surface area contributed by atoms with Crippen molar-refractivity contribution in [1.82, 2.24) is 15.6 Å². The molecule has 3 rings (SSSR count). The Morgan fingerprint density at radius 3 is 2.40 bits per heavy atom. The Morgan fingerprint density at radius 1 is 1.09 bits per heavy atom. The maximum Gasteiger partial charge on any atom is 0.471 e. The summed E-state index contributed by atoms with van der Waals surface area (Å²) >= 11 is 0. The second kappa shape index (κ2) is 11.5. The van der Waals surface area contributed by atoms with E-state index in [1.165, 1.54) is 0 Å². The van der Waals surface area contributed by atoms with E-state index in [0.29, 0.717) is 36.0 Å². The van der Waals surface area contributed by atoms with Crippen LogP contribution in [-0.4, -0.2) is 42.2 Å². The van der Waals surface area contributed by atoms with Crippen molar-refractivity contribution in [1.29, 1.82) is 0 Å². The fourth-order valence-electron chi connectivity index (χ4n) is 3.33. The zero-order valence-corrected chi connectivity index (χ0v) is 19.3. The van der Waals surface area contributed by atoms with Gasteiger partial charge in [0, 0.05) is 24.9 Å². The SMILES string of the molecule is CCNC(=O)[C@H](Cc1ccc(OCCc2nc(-c3ccccc3)oc2C)cc1)NC(=O)C(F)(F)F. The number of ether oxygens (including phenoxy) is 1.